The molecule has 2 N–H and O–H groups in total. The van der Waals surface area contributed by atoms with E-state index in [1.807, 2.05) is 0 Å². The van der Waals surface area contributed by atoms with Gasteiger partial charge in [-0.15, -0.1) is 0 Å². The summed E-state index contributed by atoms with van der Waals surface area (Å²) in [4.78, 5) is 0. The molecule has 0 spiro atoms. The van der Waals surface area contributed by atoms with E-state index in [2.05, 4.69) is 0 Å². The predicted octanol–water partition coefficient (Wildman–Crippen LogP) is 1.13. The summed E-state index contributed by atoms with van der Waals surface area (Å²) in [5, 5.41) is 0. The average Bonchev–Trinajstić information content (AvgIpc) is 1.83. The Kier molecular flexibility index (Phi) is 0.779. The van der Waals surface area contributed by atoms with Crippen molar-refractivity contribution >= 4 is 0 Å². The lowest BCUT2D eigenvalue weighted by molar-refractivity contribution is 0.629. The fourth-order valence-corrected chi connectivity index (χ4v) is 0.102. The highest BCUT2D eigenvalue weighted by atomic mass is 14.6. The maximum absolute atomic E-state index is 7.16. The highest BCUT2D eigenvalue weighted by Gasteiger charge is 1.88. The van der Waals surface area contributed by atoms with E-state index < -0.39 is 19.3 Å². The summed E-state index contributed by atoms with van der Waals surface area (Å²) in [5.74, 6) is 0. The lowest BCUT2D eigenvalue weighted by Gasteiger charge is -1.99. The monoisotopic (exact) mass is 92.1 g/mol. The molecule has 0 rings (SSSR count). The summed E-state index contributed by atoms with van der Waals surface area (Å²) in [6.45, 7) is -0.962. The molecule has 0 aromatic carbocycles. The quantitative estimate of drug-likeness (QED) is 0.543. The zero-order chi connectivity index (χ0) is 9.28. The first kappa shape index (κ1) is 1.48. The second kappa shape index (κ2) is 3.16. The number of hydrogen-bond donors (Lipinski definition) is 1. The Hall–Kier alpha value is -0.0400. The average molecular weight is 92.2 g/mol. The Labute approximate surface area is 46.6 Å². The maximum atomic E-state index is 7.16. The van der Waals surface area contributed by atoms with E-state index in [9.17, 15) is 0 Å². The normalized spacial score (nSPS) is 31.3. The fourth-order valence-electron chi connectivity index (χ4n) is 0.102. The third kappa shape index (κ3) is 2.21. The topological polar surface area (TPSA) is 26.0 Å². The zero-order valence-electron chi connectivity index (χ0n) is 8.86. The molecule has 1 unspecified atom stereocenters. The van der Waals surface area contributed by atoms with Crippen LogP contribution in [0.4, 0.5) is 0 Å². The van der Waals surface area contributed by atoms with E-state index in [0.717, 1.165) is 0 Å². The summed E-state index contributed by atoms with van der Waals surface area (Å²) in [5.41, 5.74) is 5.30. The molecule has 0 bridgehead atoms. The minimum absolute atomic E-state index is 0.325. The van der Waals surface area contributed by atoms with Gasteiger partial charge in [0.15, 0.2) is 0 Å². The number of hydrogen-bond acceptors (Lipinski definition) is 1. The molecule has 1 heteroatoms. The Morgan fingerprint density at radius 1 is 2.17 bits per heavy atom. The molecule has 0 amide bonds. The van der Waals surface area contributed by atoms with Gasteiger partial charge in [0.1, 0.15) is 0 Å². The van der Waals surface area contributed by atoms with E-state index in [-0.39, 0.29) is 0 Å². The summed E-state index contributed by atoms with van der Waals surface area (Å²) >= 11 is 0. The Morgan fingerprint density at radius 2 is 2.83 bits per heavy atom. The van der Waals surface area contributed by atoms with Crippen LogP contribution in [0.25, 0.3) is 0 Å². The van der Waals surface area contributed by atoms with Crippen LogP contribution in [-0.4, -0.2) is 6.04 Å². The van der Waals surface area contributed by atoms with Crippen molar-refractivity contribution in [2.45, 2.75) is 32.6 Å². The van der Waals surface area contributed by atoms with Crippen molar-refractivity contribution in [2.24, 2.45) is 5.73 Å². The lowest BCUT2D eigenvalue weighted by Crippen LogP contribution is -2.16. The summed E-state index contributed by atoms with van der Waals surface area (Å²) in [7, 11) is 0. The first-order chi connectivity index (χ1) is 4.73. The van der Waals surface area contributed by atoms with Gasteiger partial charge in [0, 0.05) is 12.9 Å². The molecule has 0 heterocycles. The van der Waals surface area contributed by atoms with E-state index in [4.69, 9.17) is 12.6 Å². The van der Waals surface area contributed by atoms with Crippen LogP contribution in [-0.2, 0) is 0 Å². The minimum atomic E-state index is -2.62. The zero-order valence-corrected chi connectivity index (χ0v) is 3.86. The summed E-state index contributed by atoms with van der Waals surface area (Å²) in [6.07, 6.45) is -1.95. The molecule has 0 aliphatic carbocycles. The van der Waals surface area contributed by atoms with E-state index >= 15 is 0 Å². The molecular weight excluding hydrogens is 74.1 g/mol. The second-order valence-corrected chi connectivity index (χ2v) is 1.16. The molecule has 0 aliphatic heterocycles. The van der Waals surface area contributed by atoms with Gasteiger partial charge in [-0.05, 0) is 12.8 Å². The number of nitrogens with two attached hydrogens (primary N) is 1. The fraction of sp³-hybridized carbons (Fsp3) is 1.00. The minimum Gasteiger partial charge on any atom is -0.328 e. The molecule has 0 saturated heterocycles. The SMILES string of the molecule is [2H]C([2H])([2H])C([2H])([2H])C(N)CC. The second-order valence-electron chi connectivity index (χ2n) is 1.16. The molecular formula is C5H13N. The van der Waals surface area contributed by atoms with E-state index in [1.54, 1.807) is 6.92 Å². The Bertz CT molecular complexity index is 129. The molecule has 0 fully saturated rings. The van der Waals surface area contributed by atoms with Gasteiger partial charge >= 0.3 is 0 Å². The number of rotatable bonds is 2. The molecule has 0 aromatic rings. The third-order valence-electron chi connectivity index (χ3n) is 0.625. The smallest absolute Gasteiger partial charge is 0.0280 e. The molecule has 1 atom stereocenters. The molecule has 38 valence electrons. The molecule has 6 heavy (non-hydrogen) atoms. The van der Waals surface area contributed by atoms with Crippen LogP contribution >= 0.6 is 0 Å². The molecule has 0 aromatic heterocycles. The Balaban J connectivity index is 4.45. The van der Waals surface area contributed by atoms with Crippen LogP contribution in [0.1, 0.15) is 33.4 Å². The Morgan fingerprint density at radius 3 is 3.00 bits per heavy atom. The van der Waals surface area contributed by atoms with E-state index in [1.165, 1.54) is 0 Å². The van der Waals surface area contributed by atoms with Gasteiger partial charge < -0.3 is 5.73 Å². The summed E-state index contributed by atoms with van der Waals surface area (Å²) in [6, 6.07) is -0.921. The van der Waals surface area contributed by atoms with Crippen molar-refractivity contribution < 1.29 is 6.85 Å². The highest BCUT2D eigenvalue weighted by molar-refractivity contribution is 4.51. The summed E-state index contributed by atoms with van der Waals surface area (Å²) < 4.78 is 34.9. The third-order valence-corrected chi connectivity index (χ3v) is 0.625. The maximum Gasteiger partial charge on any atom is 0.0280 e. The van der Waals surface area contributed by atoms with Crippen molar-refractivity contribution in [1.82, 2.24) is 0 Å². The lowest BCUT2D eigenvalue weighted by atomic mass is 10.2. The van der Waals surface area contributed by atoms with Gasteiger partial charge in [0.05, 0.1) is 0 Å². The van der Waals surface area contributed by atoms with Crippen molar-refractivity contribution in [3.8, 4) is 0 Å². The molecule has 0 saturated carbocycles. The first-order valence-corrected chi connectivity index (χ1v) is 1.99. The van der Waals surface area contributed by atoms with Crippen molar-refractivity contribution in [3.05, 3.63) is 0 Å². The van der Waals surface area contributed by atoms with E-state index in [0.29, 0.717) is 6.42 Å². The van der Waals surface area contributed by atoms with Gasteiger partial charge in [-0.1, -0.05) is 13.8 Å². The van der Waals surface area contributed by atoms with Crippen LogP contribution in [0.15, 0.2) is 0 Å². The van der Waals surface area contributed by atoms with Crippen LogP contribution in [0.2, 0.25) is 0 Å². The first-order valence-electron chi connectivity index (χ1n) is 4.49. The van der Waals surface area contributed by atoms with Crippen LogP contribution in [0.5, 0.6) is 0 Å². The van der Waals surface area contributed by atoms with Gasteiger partial charge in [-0.25, -0.2) is 0 Å². The van der Waals surface area contributed by atoms with Gasteiger partial charge in [0.25, 0.3) is 0 Å². The van der Waals surface area contributed by atoms with Gasteiger partial charge in [0.2, 0.25) is 0 Å². The van der Waals surface area contributed by atoms with Crippen molar-refractivity contribution in [2.75, 3.05) is 0 Å². The van der Waals surface area contributed by atoms with Crippen LogP contribution < -0.4 is 5.73 Å². The van der Waals surface area contributed by atoms with Crippen LogP contribution in [0, 0.1) is 0 Å². The van der Waals surface area contributed by atoms with Gasteiger partial charge in [-0.3, -0.25) is 0 Å². The van der Waals surface area contributed by atoms with Crippen molar-refractivity contribution in [3.63, 3.8) is 0 Å². The predicted molar refractivity (Wildman–Crippen MR) is 28.6 cm³/mol. The highest BCUT2D eigenvalue weighted by Crippen LogP contribution is 1.88. The van der Waals surface area contributed by atoms with Crippen LogP contribution in [0.3, 0.4) is 0 Å². The largest absolute Gasteiger partial charge is 0.328 e. The molecule has 1 nitrogen and oxygen atoms in total. The standard InChI is InChI=1S/C5H13N/c1-3-5(6)4-2/h5H,3-4,6H2,1-2H3/i1D3,3D2. The van der Waals surface area contributed by atoms with Crippen molar-refractivity contribution in [1.29, 1.82) is 0 Å². The van der Waals surface area contributed by atoms with Gasteiger partial charge in [-0.2, -0.15) is 0 Å². The molecule has 0 radical (unpaired) electrons. The molecule has 0 aliphatic rings.